The molecule has 1 N–H and O–H groups in total. The van der Waals surface area contributed by atoms with Crippen molar-refractivity contribution in [3.05, 3.63) is 88.7 Å². The molecule has 1 aliphatic heterocycles. The zero-order chi connectivity index (χ0) is 22.0. The molecular formula is C23H18ClN3O4. The number of ether oxygens (including phenoxy) is 1. The first-order chi connectivity index (χ1) is 15.0. The van der Waals surface area contributed by atoms with Crippen LogP contribution in [0.3, 0.4) is 0 Å². The smallest absolute Gasteiger partial charge is 0.302 e. The average molecular weight is 436 g/mol. The average Bonchev–Trinajstić information content (AvgIpc) is 3.06. The number of aliphatic hydroxyl groups is 1. The van der Waals surface area contributed by atoms with Crippen LogP contribution in [0.4, 0.5) is 5.95 Å². The van der Waals surface area contributed by atoms with Crippen LogP contribution in [-0.4, -0.2) is 33.4 Å². The number of Topliss-reactive ketones (excluding diaryl/α,β-unsaturated/α-hetero) is 1. The first-order valence-corrected chi connectivity index (χ1v) is 9.95. The summed E-state index contributed by atoms with van der Waals surface area (Å²) in [5.74, 6) is -1.22. The van der Waals surface area contributed by atoms with Crippen molar-refractivity contribution >= 4 is 35.0 Å². The third kappa shape index (κ3) is 3.87. The number of anilines is 1. The van der Waals surface area contributed by atoms with Gasteiger partial charge in [0.2, 0.25) is 5.95 Å². The van der Waals surface area contributed by atoms with E-state index in [0.717, 1.165) is 0 Å². The van der Waals surface area contributed by atoms with Crippen molar-refractivity contribution in [3.8, 4) is 5.75 Å². The highest BCUT2D eigenvalue weighted by molar-refractivity contribution is 6.51. The number of aromatic nitrogens is 2. The number of ketones is 1. The highest BCUT2D eigenvalue weighted by Gasteiger charge is 2.48. The molecule has 0 bridgehead atoms. The van der Waals surface area contributed by atoms with Gasteiger partial charge in [0.1, 0.15) is 11.5 Å². The van der Waals surface area contributed by atoms with Crippen LogP contribution in [0.25, 0.3) is 5.76 Å². The lowest BCUT2D eigenvalue weighted by Gasteiger charge is -2.23. The number of benzene rings is 2. The fourth-order valence-electron chi connectivity index (χ4n) is 3.45. The molecule has 1 unspecified atom stereocenters. The van der Waals surface area contributed by atoms with Gasteiger partial charge >= 0.3 is 5.91 Å². The van der Waals surface area contributed by atoms with Crippen molar-refractivity contribution in [3.63, 3.8) is 0 Å². The number of carbonyl (C=O) groups is 2. The van der Waals surface area contributed by atoms with Gasteiger partial charge in [-0.15, -0.1) is 0 Å². The van der Waals surface area contributed by atoms with Crippen molar-refractivity contribution < 1.29 is 19.4 Å². The predicted octanol–water partition coefficient (Wildman–Crippen LogP) is 4.16. The Balaban J connectivity index is 1.89. The van der Waals surface area contributed by atoms with Crippen LogP contribution in [-0.2, 0) is 9.59 Å². The first-order valence-electron chi connectivity index (χ1n) is 9.58. The van der Waals surface area contributed by atoms with Crippen LogP contribution in [0, 0.1) is 0 Å². The summed E-state index contributed by atoms with van der Waals surface area (Å²) in [5, 5.41) is 11.5. The Morgan fingerprint density at radius 2 is 1.71 bits per heavy atom. The molecule has 156 valence electrons. The zero-order valence-corrected chi connectivity index (χ0v) is 17.3. The zero-order valence-electron chi connectivity index (χ0n) is 16.5. The van der Waals surface area contributed by atoms with Gasteiger partial charge in [0.25, 0.3) is 5.78 Å². The maximum absolute atomic E-state index is 13.0. The maximum atomic E-state index is 13.0. The molecule has 0 spiro atoms. The summed E-state index contributed by atoms with van der Waals surface area (Å²) in [7, 11) is 0. The van der Waals surface area contributed by atoms with E-state index in [0.29, 0.717) is 28.5 Å². The monoisotopic (exact) mass is 435 g/mol. The van der Waals surface area contributed by atoms with Crippen LogP contribution in [0.2, 0.25) is 5.02 Å². The molecule has 7 nitrogen and oxygen atoms in total. The normalized spacial score (nSPS) is 17.7. The van der Waals surface area contributed by atoms with E-state index in [4.69, 9.17) is 16.3 Å². The van der Waals surface area contributed by atoms with Crippen LogP contribution in [0.1, 0.15) is 24.1 Å². The number of aliphatic hydroxyl groups excluding tert-OH is 1. The molecule has 1 atom stereocenters. The van der Waals surface area contributed by atoms with E-state index in [2.05, 4.69) is 9.97 Å². The van der Waals surface area contributed by atoms with E-state index in [1.165, 1.54) is 17.3 Å². The number of hydrogen-bond donors (Lipinski definition) is 1. The molecule has 2 aromatic carbocycles. The quantitative estimate of drug-likeness (QED) is 0.367. The predicted molar refractivity (Wildman–Crippen MR) is 116 cm³/mol. The highest BCUT2D eigenvalue weighted by Crippen LogP contribution is 2.41. The molecule has 2 heterocycles. The molecule has 0 saturated carbocycles. The minimum atomic E-state index is -0.909. The fraction of sp³-hybridized carbons (Fsp3) is 0.130. The Kier molecular flexibility index (Phi) is 5.68. The molecule has 1 fully saturated rings. The molecular weight excluding hydrogens is 418 g/mol. The van der Waals surface area contributed by atoms with Crippen molar-refractivity contribution in [1.29, 1.82) is 0 Å². The Morgan fingerprint density at radius 3 is 2.32 bits per heavy atom. The largest absolute Gasteiger partial charge is 0.507 e. The Hall–Kier alpha value is -3.71. The van der Waals surface area contributed by atoms with E-state index in [1.807, 2.05) is 6.92 Å². The van der Waals surface area contributed by atoms with Gasteiger partial charge in [-0.3, -0.25) is 14.5 Å². The molecule has 1 aromatic heterocycles. The van der Waals surface area contributed by atoms with Gasteiger partial charge in [-0.1, -0.05) is 23.7 Å². The van der Waals surface area contributed by atoms with Gasteiger partial charge in [-0.2, -0.15) is 0 Å². The van der Waals surface area contributed by atoms with E-state index < -0.39 is 17.7 Å². The summed E-state index contributed by atoms with van der Waals surface area (Å²) in [5.41, 5.74) is 0.918. The number of amides is 1. The molecule has 8 heteroatoms. The first kappa shape index (κ1) is 20.6. The lowest BCUT2D eigenvalue weighted by atomic mass is 9.95. The molecule has 0 radical (unpaired) electrons. The summed E-state index contributed by atoms with van der Waals surface area (Å²) in [4.78, 5) is 35.5. The molecule has 31 heavy (non-hydrogen) atoms. The molecule has 4 rings (SSSR count). The van der Waals surface area contributed by atoms with Crippen LogP contribution < -0.4 is 9.64 Å². The van der Waals surface area contributed by atoms with Gasteiger partial charge in [-0.25, -0.2) is 9.97 Å². The van der Waals surface area contributed by atoms with Gasteiger partial charge in [0, 0.05) is 23.0 Å². The van der Waals surface area contributed by atoms with Crippen molar-refractivity contribution in [2.24, 2.45) is 0 Å². The molecule has 1 aliphatic rings. The van der Waals surface area contributed by atoms with E-state index in [9.17, 15) is 14.7 Å². The standard InChI is InChI=1S/C23H18ClN3O4/c1-2-31-17-10-6-14(7-11-17)19-18(20(28)15-4-8-16(24)9-5-15)21(29)22(30)27(19)23-25-12-3-13-26-23/h3-13,19,28H,2H2,1H3/b20-18-. The number of rotatable bonds is 5. The molecule has 1 saturated heterocycles. The van der Waals surface area contributed by atoms with Crippen molar-refractivity contribution in [1.82, 2.24) is 9.97 Å². The second-order valence-electron chi connectivity index (χ2n) is 6.73. The number of halogens is 1. The second kappa shape index (κ2) is 8.57. The number of nitrogens with zero attached hydrogens (tertiary/aromatic N) is 3. The summed E-state index contributed by atoms with van der Waals surface area (Å²) in [6.45, 7) is 2.38. The fourth-order valence-corrected chi connectivity index (χ4v) is 3.57. The summed E-state index contributed by atoms with van der Waals surface area (Å²) >= 11 is 5.94. The minimum absolute atomic E-state index is 0.0519. The topological polar surface area (TPSA) is 92.6 Å². The lowest BCUT2D eigenvalue weighted by molar-refractivity contribution is -0.132. The molecule has 0 aliphatic carbocycles. The molecule has 1 amide bonds. The molecule has 3 aromatic rings. The lowest BCUT2D eigenvalue weighted by Crippen LogP contribution is -2.31. The van der Waals surface area contributed by atoms with E-state index >= 15 is 0 Å². The SMILES string of the molecule is CCOc1ccc(C2/C(=C(/O)c3ccc(Cl)cc3)C(=O)C(=O)N2c2ncccn2)cc1. The van der Waals surface area contributed by atoms with Crippen LogP contribution in [0.15, 0.2) is 72.6 Å². The van der Waals surface area contributed by atoms with Gasteiger partial charge in [0.05, 0.1) is 18.2 Å². The van der Waals surface area contributed by atoms with Crippen molar-refractivity contribution in [2.75, 3.05) is 11.5 Å². The number of hydrogen-bond acceptors (Lipinski definition) is 6. The second-order valence-corrected chi connectivity index (χ2v) is 7.16. The van der Waals surface area contributed by atoms with Gasteiger partial charge in [0.15, 0.2) is 0 Å². The Bertz CT molecular complexity index is 1150. The summed E-state index contributed by atoms with van der Waals surface area (Å²) in [6, 6.07) is 14.0. The van der Waals surface area contributed by atoms with Gasteiger partial charge in [-0.05, 0) is 55.0 Å². The summed E-state index contributed by atoms with van der Waals surface area (Å²) < 4.78 is 5.49. The van der Waals surface area contributed by atoms with Crippen LogP contribution in [0.5, 0.6) is 5.75 Å². The van der Waals surface area contributed by atoms with E-state index in [-0.39, 0.29) is 17.3 Å². The number of carbonyl (C=O) groups excluding carboxylic acids is 2. The van der Waals surface area contributed by atoms with Gasteiger partial charge < -0.3 is 9.84 Å². The third-order valence-corrected chi connectivity index (χ3v) is 5.09. The van der Waals surface area contributed by atoms with E-state index in [1.54, 1.807) is 54.6 Å². The maximum Gasteiger partial charge on any atom is 0.302 e. The third-order valence-electron chi connectivity index (χ3n) is 4.84. The summed E-state index contributed by atoms with van der Waals surface area (Å²) in [6.07, 6.45) is 2.96. The highest BCUT2D eigenvalue weighted by atomic mass is 35.5. The van der Waals surface area contributed by atoms with Crippen molar-refractivity contribution in [2.45, 2.75) is 13.0 Å². The Labute approximate surface area is 183 Å². The van der Waals surface area contributed by atoms with Crippen LogP contribution >= 0.6 is 11.6 Å². The minimum Gasteiger partial charge on any atom is -0.507 e. The Morgan fingerprint density at radius 1 is 1.06 bits per heavy atom.